The Hall–Kier alpha value is -1.09. The lowest BCUT2D eigenvalue weighted by atomic mass is 10.1. The molecular formula is C12H18N2O. The Labute approximate surface area is 90.8 Å². The van der Waals surface area contributed by atoms with Crippen molar-refractivity contribution in [3.05, 3.63) is 23.9 Å². The summed E-state index contributed by atoms with van der Waals surface area (Å²) in [5.41, 5.74) is 0.950. The van der Waals surface area contributed by atoms with Crippen LogP contribution in [0.1, 0.15) is 37.9 Å². The third-order valence-electron chi connectivity index (χ3n) is 2.93. The second-order valence-electron chi connectivity index (χ2n) is 4.17. The number of hydrogen-bond donors (Lipinski definition) is 1. The molecule has 1 atom stereocenters. The van der Waals surface area contributed by atoms with Crippen LogP contribution < -0.4 is 4.90 Å². The first-order chi connectivity index (χ1) is 7.27. The van der Waals surface area contributed by atoms with Gasteiger partial charge in [-0.2, -0.15) is 0 Å². The van der Waals surface area contributed by atoms with E-state index in [1.807, 2.05) is 12.1 Å². The summed E-state index contributed by atoms with van der Waals surface area (Å²) in [6, 6.07) is 3.87. The van der Waals surface area contributed by atoms with Gasteiger partial charge in [-0.05, 0) is 43.9 Å². The molecule has 0 aliphatic carbocycles. The minimum absolute atomic E-state index is 0.406. The van der Waals surface area contributed by atoms with Gasteiger partial charge >= 0.3 is 0 Å². The van der Waals surface area contributed by atoms with Gasteiger partial charge in [-0.1, -0.05) is 0 Å². The van der Waals surface area contributed by atoms with E-state index in [1.165, 1.54) is 19.3 Å². The van der Waals surface area contributed by atoms with E-state index in [2.05, 4.69) is 9.88 Å². The zero-order valence-corrected chi connectivity index (χ0v) is 9.19. The molecule has 0 bridgehead atoms. The van der Waals surface area contributed by atoms with Crippen LogP contribution in [0, 0.1) is 0 Å². The Morgan fingerprint density at radius 1 is 1.33 bits per heavy atom. The summed E-state index contributed by atoms with van der Waals surface area (Å²) in [5.74, 6) is 1.01. The molecule has 2 rings (SSSR count). The van der Waals surface area contributed by atoms with E-state index < -0.39 is 6.10 Å². The molecule has 15 heavy (non-hydrogen) atoms. The van der Waals surface area contributed by atoms with E-state index in [-0.39, 0.29) is 0 Å². The standard InChI is InChI=1S/C12H18N2O/c1-10(15)11-5-6-13-12(9-11)14-7-3-2-4-8-14/h5-6,9-10,15H,2-4,7-8H2,1H3/t10-/m0/s1. The number of rotatable bonds is 2. The van der Waals surface area contributed by atoms with E-state index >= 15 is 0 Å². The predicted molar refractivity (Wildman–Crippen MR) is 60.9 cm³/mol. The van der Waals surface area contributed by atoms with Crippen LogP contribution in [0.2, 0.25) is 0 Å². The summed E-state index contributed by atoms with van der Waals surface area (Å²) in [7, 11) is 0. The van der Waals surface area contributed by atoms with E-state index in [9.17, 15) is 5.11 Å². The van der Waals surface area contributed by atoms with Crippen molar-refractivity contribution in [2.75, 3.05) is 18.0 Å². The summed E-state index contributed by atoms with van der Waals surface area (Å²) in [5, 5.41) is 9.50. The second kappa shape index (κ2) is 4.62. The number of piperidine rings is 1. The van der Waals surface area contributed by atoms with Gasteiger partial charge in [-0.15, -0.1) is 0 Å². The van der Waals surface area contributed by atoms with Gasteiger partial charge in [0.2, 0.25) is 0 Å². The van der Waals surface area contributed by atoms with E-state index in [1.54, 1.807) is 13.1 Å². The molecule has 3 nitrogen and oxygen atoms in total. The molecule has 0 amide bonds. The average molecular weight is 206 g/mol. The first-order valence-corrected chi connectivity index (χ1v) is 5.66. The van der Waals surface area contributed by atoms with Gasteiger partial charge in [0.05, 0.1) is 6.10 Å². The summed E-state index contributed by atoms with van der Waals surface area (Å²) in [6.07, 6.45) is 5.20. The maximum atomic E-state index is 9.50. The lowest BCUT2D eigenvalue weighted by Gasteiger charge is -2.28. The van der Waals surface area contributed by atoms with Crippen LogP contribution in [0.3, 0.4) is 0 Å². The molecule has 0 spiro atoms. The molecule has 1 N–H and O–H groups in total. The Morgan fingerprint density at radius 3 is 2.73 bits per heavy atom. The van der Waals surface area contributed by atoms with Crippen LogP contribution in [-0.2, 0) is 0 Å². The van der Waals surface area contributed by atoms with Gasteiger partial charge in [0.25, 0.3) is 0 Å². The van der Waals surface area contributed by atoms with Gasteiger partial charge < -0.3 is 10.0 Å². The molecule has 0 saturated carbocycles. The molecule has 2 heterocycles. The van der Waals surface area contributed by atoms with Crippen molar-refractivity contribution in [2.45, 2.75) is 32.3 Å². The van der Waals surface area contributed by atoms with Crippen LogP contribution in [0.25, 0.3) is 0 Å². The largest absolute Gasteiger partial charge is 0.389 e. The molecule has 0 radical (unpaired) electrons. The molecule has 82 valence electrons. The number of hydrogen-bond acceptors (Lipinski definition) is 3. The van der Waals surface area contributed by atoms with E-state index in [4.69, 9.17) is 0 Å². The molecule has 1 aliphatic rings. The zero-order valence-electron chi connectivity index (χ0n) is 9.19. The monoisotopic (exact) mass is 206 g/mol. The third kappa shape index (κ3) is 2.48. The highest BCUT2D eigenvalue weighted by molar-refractivity contribution is 5.41. The highest BCUT2D eigenvalue weighted by Gasteiger charge is 2.12. The Morgan fingerprint density at radius 2 is 2.07 bits per heavy atom. The van der Waals surface area contributed by atoms with Crippen molar-refractivity contribution in [3.63, 3.8) is 0 Å². The van der Waals surface area contributed by atoms with Crippen LogP contribution in [0.15, 0.2) is 18.3 Å². The number of nitrogens with zero attached hydrogens (tertiary/aromatic N) is 2. The predicted octanol–water partition coefficient (Wildman–Crippen LogP) is 2.13. The fraction of sp³-hybridized carbons (Fsp3) is 0.583. The fourth-order valence-electron chi connectivity index (χ4n) is 1.99. The number of aromatic nitrogens is 1. The summed E-state index contributed by atoms with van der Waals surface area (Å²) in [6.45, 7) is 3.97. The van der Waals surface area contributed by atoms with Crippen LogP contribution in [-0.4, -0.2) is 23.2 Å². The lowest BCUT2D eigenvalue weighted by molar-refractivity contribution is 0.199. The highest BCUT2D eigenvalue weighted by atomic mass is 16.3. The second-order valence-corrected chi connectivity index (χ2v) is 4.17. The van der Waals surface area contributed by atoms with Crippen molar-refractivity contribution < 1.29 is 5.11 Å². The zero-order chi connectivity index (χ0) is 10.7. The van der Waals surface area contributed by atoms with Crippen LogP contribution in [0.4, 0.5) is 5.82 Å². The van der Waals surface area contributed by atoms with Crippen molar-refractivity contribution >= 4 is 5.82 Å². The van der Waals surface area contributed by atoms with Gasteiger partial charge in [-0.25, -0.2) is 4.98 Å². The number of aliphatic hydroxyl groups excluding tert-OH is 1. The Balaban J connectivity index is 2.16. The first kappa shape index (κ1) is 10.4. The average Bonchev–Trinajstić information content (AvgIpc) is 2.30. The Kier molecular flexibility index (Phi) is 3.21. The molecule has 3 heteroatoms. The summed E-state index contributed by atoms with van der Waals surface area (Å²) >= 11 is 0. The van der Waals surface area contributed by atoms with Gasteiger partial charge in [0.1, 0.15) is 5.82 Å². The molecule has 1 saturated heterocycles. The first-order valence-electron chi connectivity index (χ1n) is 5.66. The topological polar surface area (TPSA) is 36.4 Å². The van der Waals surface area contributed by atoms with Crippen LogP contribution in [0.5, 0.6) is 0 Å². The van der Waals surface area contributed by atoms with E-state index in [0.29, 0.717) is 0 Å². The molecule has 1 aliphatic heterocycles. The van der Waals surface area contributed by atoms with Crippen molar-refractivity contribution in [1.82, 2.24) is 4.98 Å². The van der Waals surface area contributed by atoms with Crippen molar-refractivity contribution in [2.24, 2.45) is 0 Å². The molecular weight excluding hydrogens is 188 g/mol. The normalized spacial score (nSPS) is 18.9. The maximum Gasteiger partial charge on any atom is 0.128 e. The molecule has 1 aromatic heterocycles. The summed E-state index contributed by atoms with van der Waals surface area (Å²) in [4.78, 5) is 6.66. The number of pyridine rings is 1. The molecule has 1 fully saturated rings. The number of aliphatic hydroxyl groups is 1. The fourth-order valence-corrected chi connectivity index (χ4v) is 1.99. The van der Waals surface area contributed by atoms with Gasteiger partial charge in [-0.3, -0.25) is 0 Å². The van der Waals surface area contributed by atoms with Crippen molar-refractivity contribution in [1.29, 1.82) is 0 Å². The maximum absolute atomic E-state index is 9.50. The molecule has 1 aromatic rings. The Bertz CT molecular complexity index is 319. The van der Waals surface area contributed by atoms with E-state index in [0.717, 1.165) is 24.5 Å². The SMILES string of the molecule is C[C@H](O)c1ccnc(N2CCCCC2)c1. The lowest BCUT2D eigenvalue weighted by Crippen LogP contribution is -2.30. The number of anilines is 1. The minimum Gasteiger partial charge on any atom is -0.389 e. The quantitative estimate of drug-likeness (QED) is 0.805. The van der Waals surface area contributed by atoms with Crippen LogP contribution >= 0.6 is 0 Å². The van der Waals surface area contributed by atoms with Gasteiger partial charge in [0.15, 0.2) is 0 Å². The summed E-state index contributed by atoms with van der Waals surface area (Å²) < 4.78 is 0. The smallest absolute Gasteiger partial charge is 0.128 e. The third-order valence-corrected chi connectivity index (χ3v) is 2.93. The highest BCUT2D eigenvalue weighted by Crippen LogP contribution is 2.20. The van der Waals surface area contributed by atoms with Crippen molar-refractivity contribution in [3.8, 4) is 0 Å². The molecule has 0 aromatic carbocycles. The minimum atomic E-state index is -0.406. The van der Waals surface area contributed by atoms with Gasteiger partial charge in [0, 0.05) is 19.3 Å². The molecule has 0 unspecified atom stereocenters.